The molecule has 1 heterocycles. The van der Waals surface area contributed by atoms with Crippen molar-refractivity contribution in [3.8, 4) is 11.5 Å². The minimum atomic E-state index is -0.507. The van der Waals surface area contributed by atoms with Crippen LogP contribution in [0.15, 0.2) is 41.6 Å². The lowest BCUT2D eigenvalue weighted by Gasteiger charge is -2.11. The molecule has 2 aromatic rings. The molecule has 10 heteroatoms. The second-order valence-corrected chi connectivity index (χ2v) is 5.14. The highest BCUT2D eigenvalue weighted by atomic mass is 32.1. The first-order valence-electron chi connectivity index (χ1n) is 6.98. The van der Waals surface area contributed by atoms with Crippen molar-refractivity contribution in [3.63, 3.8) is 0 Å². The molecule has 3 N–H and O–H groups in total. The Labute approximate surface area is 148 Å². The maximum absolute atomic E-state index is 10.6. The summed E-state index contributed by atoms with van der Waals surface area (Å²) in [4.78, 5) is 14.1. The van der Waals surface area contributed by atoms with Crippen LogP contribution in [0.1, 0.15) is 11.3 Å². The third-order valence-corrected chi connectivity index (χ3v) is 3.06. The Morgan fingerprint density at radius 2 is 2.24 bits per heavy atom. The minimum absolute atomic E-state index is 0.0683. The Bertz CT molecular complexity index is 795. The van der Waals surface area contributed by atoms with Crippen LogP contribution in [-0.2, 0) is 6.61 Å². The average molecular weight is 361 g/mol. The third kappa shape index (κ3) is 5.39. The van der Waals surface area contributed by atoms with Crippen molar-refractivity contribution in [2.45, 2.75) is 6.61 Å². The van der Waals surface area contributed by atoms with Gasteiger partial charge in [-0.3, -0.25) is 20.5 Å². The second-order valence-electron chi connectivity index (χ2n) is 4.70. The van der Waals surface area contributed by atoms with Gasteiger partial charge in [0.1, 0.15) is 12.8 Å². The van der Waals surface area contributed by atoms with Gasteiger partial charge in [0, 0.05) is 6.07 Å². The molecule has 0 saturated heterocycles. The van der Waals surface area contributed by atoms with Gasteiger partial charge in [-0.15, -0.1) is 0 Å². The van der Waals surface area contributed by atoms with Gasteiger partial charge in [0.2, 0.25) is 0 Å². The molecule has 9 nitrogen and oxygen atoms in total. The number of hydrogen-bond acceptors (Lipinski definition) is 7. The Hall–Kier alpha value is -3.27. The van der Waals surface area contributed by atoms with Crippen LogP contribution in [0.4, 0.5) is 5.69 Å². The number of methoxy groups -OCH3 is 1. The molecular formula is C15H15N5O4S. The molecule has 0 bridgehead atoms. The lowest BCUT2D eigenvalue weighted by atomic mass is 10.2. The molecule has 0 unspecified atom stereocenters. The van der Waals surface area contributed by atoms with Gasteiger partial charge in [0.15, 0.2) is 16.6 Å². The number of benzene rings is 1. The number of nitrogens with zero attached hydrogens (tertiary/aromatic N) is 3. The second kappa shape index (κ2) is 8.55. The van der Waals surface area contributed by atoms with E-state index in [2.05, 4.69) is 27.7 Å². The number of rotatable bonds is 7. The molecule has 0 amide bonds. The van der Waals surface area contributed by atoms with Gasteiger partial charge in [-0.25, -0.2) is 0 Å². The standard InChI is InChI=1S/C15H15N5O4S/c1-23-14-6-10(7-18-19-15(16)25)2-5-13(14)24-9-11-3-4-12(8-17-11)20(21)22/h2-8H,9H2,1H3,(H3,16,19,25)/b18-7-. The van der Waals surface area contributed by atoms with Crippen LogP contribution in [0, 0.1) is 10.1 Å². The number of nitrogens with two attached hydrogens (primary N) is 1. The number of aromatic nitrogens is 1. The molecule has 0 radical (unpaired) electrons. The SMILES string of the molecule is COc1cc(/C=N\NC(N)=S)ccc1OCc1ccc([N+](=O)[O-])cn1. The molecule has 130 valence electrons. The first-order valence-corrected chi connectivity index (χ1v) is 7.39. The van der Waals surface area contributed by atoms with Crippen molar-refractivity contribution in [1.82, 2.24) is 10.4 Å². The zero-order chi connectivity index (χ0) is 18.2. The number of nitro groups is 1. The largest absolute Gasteiger partial charge is 0.493 e. The van der Waals surface area contributed by atoms with E-state index in [1.54, 1.807) is 18.2 Å². The van der Waals surface area contributed by atoms with Crippen LogP contribution in [0.3, 0.4) is 0 Å². The molecule has 0 spiro atoms. The average Bonchev–Trinajstić information content (AvgIpc) is 2.60. The summed E-state index contributed by atoms with van der Waals surface area (Å²) in [7, 11) is 1.51. The zero-order valence-electron chi connectivity index (χ0n) is 13.2. The molecule has 1 aromatic heterocycles. The molecule has 1 aromatic carbocycles. The number of pyridine rings is 1. The predicted molar refractivity (Wildman–Crippen MR) is 95.7 cm³/mol. The normalized spacial score (nSPS) is 10.4. The van der Waals surface area contributed by atoms with Gasteiger partial charge in [-0.05, 0) is 42.0 Å². The number of hydrogen-bond donors (Lipinski definition) is 2. The molecule has 0 atom stereocenters. The molecule has 0 aliphatic rings. The molecule has 0 aliphatic heterocycles. The van der Waals surface area contributed by atoms with Crippen LogP contribution >= 0.6 is 12.2 Å². The van der Waals surface area contributed by atoms with Gasteiger partial charge >= 0.3 is 0 Å². The van der Waals surface area contributed by atoms with Gasteiger partial charge in [-0.2, -0.15) is 5.10 Å². The van der Waals surface area contributed by atoms with Gasteiger partial charge in [0.05, 0.1) is 23.9 Å². The molecule has 0 aliphatic carbocycles. The maximum Gasteiger partial charge on any atom is 0.287 e. The Kier molecular flexibility index (Phi) is 6.18. The van der Waals surface area contributed by atoms with Gasteiger partial charge in [-0.1, -0.05) is 0 Å². The van der Waals surface area contributed by atoms with E-state index in [9.17, 15) is 10.1 Å². The van der Waals surface area contributed by atoms with E-state index in [1.807, 2.05) is 0 Å². The van der Waals surface area contributed by atoms with Crippen molar-refractivity contribution in [2.24, 2.45) is 10.8 Å². The Morgan fingerprint density at radius 3 is 2.84 bits per heavy atom. The van der Waals surface area contributed by atoms with Crippen molar-refractivity contribution in [1.29, 1.82) is 0 Å². The summed E-state index contributed by atoms with van der Waals surface area (Å²) in [5.41, 5.74) is 8.96. The molecule has 0 fully saturated rings. The first kappa shape index (κ1) is 18.1. The quantitative estimate of drug-likeness (QED) is 0.331. The summed E-state index contributed by atoms with van der Waals surface area (Å²) in [6.07, 6.45) is 2.72. The van der Waals surface area contributed by atoms with E-state index >= 15 is 0 Å². The first-order chi connectivity index (χ1) is 12.0. The highest BCUT2D eigenvalue weighted by molar-refractivity contribution is 7.80. The highest BCUT2D eigenvalue weighted by Gasteiger charge is 2.08. The smallest absolute Gasteiger partial charge is 0.287 e. The molecule has 2 rings (SSSR count). The summed E-state index contributed by atoms with van der Waals surface area (Å²) in [6.45, 7) is 0.144. The maximum atomic E-state index is 10.6. The van der Waals surface area contributed by atoms with E-state index in [-0.39, 0.29) is 17.4 Å². The number of nitrogens with one attached hydrogen (secondary N) is 1. The molecule has 25 heavy (non-hydrogen) atoms. The highest BCUT2D eigenvalue weighted by Crippen LogP contribution is 2.28. The Balaban J connectivity index is 2.04. The van der Waals surface area contributed by atoms with E-state index < -0.39 is 4.92 Å². The van der Waals surface area contributed by atoms with Crippen LogP contribution in [0.2, 0.25) is 0 Å². The minimum Gasteiger partial charge on any atom is -0.493 e. The summed E-state index contributed by atoms with van der Waals surface area (Å²) in [5.74, 6) is 1.00. The fourth-order valence-electron chi connectivity index (χ4n) is 1.82. The van der Waals surface area contributed by atoms with Crippen molar-refractivity contribution in [3.05, 3.63) is 57.9 Å². The van der Waals surface area contributed by atoms with Gasteiger partial charge < -0.3 is 15.2 Å². The van der Waals surface area contributed by atoms with Crippen LogP contribution in [-0.4, -0.2) is 28.3 Å². The molecule has 0 saturated carbocycles. The molecular weight excluding hydrogens is 346 g/mol. The number of hydrazone groups is 1. The van der Waals surface area contributed by atoms with Crippen LogP contribution < -0.4 is 20.6 Å². The van der Waals surface area contributed by atoms with Crippen molar-refractivity contribution >= 4 is 29.2 Å². The number of thiocarbonyl (C=S) groups is 1. The van der Waals surface area contributed by atoms with E-state index in [1.165, 1.54) is 31.7 Å². The van der Waals surface area contributed by atoms with E-state index in [4.69, 9.17) is 15.2 Å². The lowest BCUT2D eigenvalue weighted by molar-refractivity contribution is -0.385. The monoisotopic (exact) mass is 361 g/mol. The summed E-state index contributed by atoms with van der Waals surface area (Å²) < 4.78 is 10.9. The number of ether oxygens (including phenoxy) is 2. The third-order valence-electron chi connectivity index (χ3n) is 2.97. The van der Waals surface area contributed by atoms with Crippen LogP contribution in [0.5, 0.6) is 11.5 Å². The fraction of sp³-hybridized carbons (Fsp3) is 0.133. The van der Waals surface area contributed by atoms with E-state index in [0.717, 1.165) is 5.56 Å². The summed E-state index contributed by atoms with van der Waals surface area (Å²) >= 11 is 4.65. The van der Waals surface area contributed by atoms with Crippen molar-refractivity contribution in [2.75, 3.05) is 7.11 Å². The van der Waals surface area contributed by atoms with Crippen LogP contribution in [0.25, 0.3) is 0 Å². The summed E-state index contributed by atoms with van der Waals surface area (Å²) in [5, 5.41) is 14.5. The predicted octanol–water partition coefficient (Wildman–Crippen LogP) is 1.74. The Morgan fingerprint density at radius 1 is 1.44 bits per heavy atom. The summed E-state index contributed by atoms with van der Waals surface area (Å²) in [6, 6.07) is 8.12. The topological polar surface area (TPSA) is 125 Å². The van der Waals surface area contributed by atoms with Crippen molar-refractivity contribution < 1.29 is 14.4 Å². The lowest BCUT2D eigenvalue weighted by Crippen LogP contribution is -2.23. The zero-order valence-corrected chi connectivity index (χ0v) is 14.0. The van der Waals surface area contributed by atoms with Gasteiger partial charge in [0.25, 0.3) is 5.69 Å². The fourth-order valence-corrected chi connectivity index (χ4v) is 1.87. The van der Waals surface area contributed by atoms with E-state index in [0.29, 0.717) is 17.2 Å².